The van der Waals surface area contributed by atoms with E-state index in [-0.39, 0.29) is 11.5 Å². The molecular formula is C26H23N3O5S. The van der Waals surface area contributed by atoms with Crippen molar-refractivity contribution >= 4 is 17.5 Å². The van der Waals surface area contributed by atoms with Gasteiger partial charge in [-0.25, -0.2) is 0 Å². The van der Waals surface area contributed by atoms with Crippen LogP contribution in [-0.2, 0) is 0 Å². The molecule has 2 heterocycles. The standard InChI is InChI=1S/C26H23N3O5S/c1-31-20-13-12-17(14-23(20)32-2)19(30)16-35-26-28-27-25(29(26)18-8-4-3-5-9-18)24-15-33-21-10-6-7-11-22(21)34-24/h3-14,24H,15-16H2,1-2H3. The molecule has 0 saturated heterocycles. The molecule has 1 aliphatic heterocycles. The summed E-state index contributed by atoms with van der Waals surface area (Å²) in [5.41, 5.74) is 1.40. The van der Waals surface area contributed by atoms with Gasteiger partial charge in [0.2, 0.25) is 0 Å². The molecule has 1 aliphatic rings. The molecule has 8 nitrogen and oxygen atoms in total. The lowest BCUT2D eigenvalue weighted by atomic mass is 10.1. The van der Waals surface area contributed by atoms with E-state index in [2.05, 4.69) is 10.2 Å². The number of hydrogen-bond donors (Lipinski definition) is 0. The molecule has 0 saturated carbocycles. The molecule has 35 heavy (non-hydrogen) atoms. The van der Waals surface area contributed by atoms with Crippen LogP contribution in [0.15, 0.2) is 78.0 Å². The Labute approximate surface area is 206 Å². The molecule has 0 fully saturated rings. The van der Waals surface area contributed by atoms with E-state index in [0.717, 1.165) is 5.69 Å². The summed E-state index contributed by atoms with van der Waals surface area (Å²) in [6.07, 6.45) is -0.450. The molecule has 0 aliphatic carbocycles. The number of para-hydroxylation sites is 3. The van der Waals surface area contributed by atoms with Crippen molar-refractivity contribution in [1.82, 2.24) is 14.8 Å². The van der Waals surface area contributed by atoms with Crippen molar-refractivity contribution in [2.75, 3.05) is 26.6 Å². The van der Waals surface area contributed by atoms with Crippen LogP contribution in [0.1, 0.15) is 22.3 Å². The first-order chi connectivity index (χ1) is 17.2. The van der Waals surface area contributed by atoms with Gasteiger partial charge in [0.15, 0.2) is 45.9 Å². The Kier molecular flexibility index (Phi) is 6.58. The van der Waals surface area contributed by atoms with Gasteiger partial charge >= 0.3 is 0 Å². The van der Waals surface area contributed by atoms with Crippen LogP contribution >= 0.6 is 11.8 Å². The van der Waals surface area contributed by atoms with Gasteiger partial charge in [-0.05, 0) is 42.5 Å². The van der Waals surface area contributed by atoms with Crippen LogP contribution in [0.5, 0.6) is 23.0 Å². The molecule has 4 aromatic rings. The van der Waals surface area contributed by atoms with Gasteiger partial charge in [-0.15, -0.1) is 10.2 Å². The molecule has 178 valence electrons. The van der Waals surface area contributed by atoms with Crippen molar-refractivity contribution in [3.63, 3.8) is 0 Å². The van der Waals surface area contributed by atoms with Crippen molar-refractivity contribution in [3.8, 4) is 28.7 Å². The highest BCUT2D eigenvalue weighted by molar-refractivity contribution is 7.99. The summed E-state index contributed by atoms with van der Waals surface area (Å²) in [6.45, 7) is 0.303. The van der Waals surface area contributed by atoms with E-state index in [4.69, 9.17) is 18.9 Å². The van der Waals surface area contributed by atoms with Crippen LogP contribution in [-0.4, -0.2) is 47.1 Å². The lowest BCUT2D eigenvalue weighted by molar-refractivity contribution is 0.0835. The maximum Gasteiger partial charge on any atom is 0.196 e. The van der Waals surface area contributed by atoms with Crippen LogP contribution < -0.4 is 18.9 Å². The van der Waals surface area contributed by atoms with Crippen molar-refractivity contribution in [2.45, 2.75) is 11.3 Å². The third-order valence-electron chi connectivity index (χ3n) is 5.51. The largest absolute Gasteiger partial charge is 0.493 e. The minimum atomic E-state index is -0.450. The number of ether oxygens (including phenoxy) is 4. The molecule has 0 spiro atoms. The first kappa shape index (κ1) is 22.8. The van der Waals surface area contributed by atoms with Gasteiger partial charge in [0.1, 0.15) is 6.61 Å². The third-order valence-corrected chi connectivity index (χ3v) is 6.44. The number of hydrogen-bond acceptors (Lipinski definition) is 8. The Hall–Kier alpha value is -3.98. The van der Waals surface area contributed by atoms with Gasteiger partial charge in [-0.3, -0.25) is 9.36 Å². The number of nitrogens with zero attached hydrogens (tertiary/aromatic N) is 3. The van der Waals surface area contributed by atoms with Gasteiger partial charge in [0.05, 0.1) is 20.0 Å². The van der Waals surface area contributed by atoms with Crippen molar-refractivity contribution in [1.29, 1.82) is 0 Å². The molecule has 5 rings (SSSR count). The topological polar surface area (TPSA) is 84.7 Å². The first-order valence-electron chi connectivity index (χ1n) is 10.9. The number of fused-ring (bicyclic) bond motifs is 1. The first-order valence-corrected chi connectivity index (χ1v) is 11.9. The molecule has 1 atom stereocenters. The Morgan fingerprint density at radius 1 is 0.971 bits per heavy atom. The fraction of sp³-hybridized carbons (Fsp3) is 0.192. The number of thioether (sulfide) groups is 1. The predicted molar refractivity (Wildman–Crippen MR) is 131 cm³/mol. The molecular weight excluding hydrogens is 466 g/mol. The summed E-state index contributed by atoms with van der Waals surface area (Å²) in [7, 11) is 3.10. The zero-order valence-corrected chi connectivity index (χ0v) is 20.0. The van der Waals surface area contributed by atoms with Crippen molar-refractivity contribution < 1.29 is 23.7 Å². The highest BCUT2D eigenvalue weighted by Crippen LogP contribution is 2.37. The molecule has 9 heteroatoms. The molecule has 0 N–H and O–H groups in total. The summed E-state index contributed by atoms with van der Waals surface area (Å²) in [4.78, 5) is 13.0. The van der Waals surface area contributed by atoms with E-state index < -0.39 is 6.10 Å². The fourth-order valence-electron chi connectivity index (χ4n) is 3.77. The minimum Gasteiger partial charge on any atom is -0.493 e. The monoisotopic (exact) mass is 489 g/mol. The van der Waals surface area contributed by atoms with Crippen LogP contribution in [0, 0.1) is 0 Å². The Balaban J connectivity index is 1.41. The van der Waals surface area contributed by atoms with Gasteiger partial charge < -0.3 is 18.9 Å². The zero-order chi connectivity index (χ0) is 24.2. The zero-order valence-electron chi connectivity index (χ0n) is 19.2. The fourth-order valence-corrected chi connectivity index (χ4v) is 4.63. The number of Topliss-reactive ketones (excluding diaryl/α,β-unsaturated/α-hetero) is 1. The van der Waals surface area contributed by atoms with Crippen LogP contribution in [0.25, 0.3) is 5.69 Å². The molecule has 3 aromatic carbocycles. The number of carbonyl (C=O) groups excluding carboxylic acids is 1. The second kappa shape index (κ2) is 10.1. The Bertz CT molecular complexity index is 1340. The van der Waals surface area contributed by atoms with E-state index in [0.29, 0.717) is 46.1 Å². The quantitative estimate of drug-likeness (QED) is 0.258. The molecule has 0 amide bonds. The maximum absolute atomic E-state index is 13.0. The van der Waals surface area contributed by atoms with E-state index in [1.165, 1.54) is 11.8 Å². The minimum absolute atomic E-state index is 0.0636. The normalized spacial score (nSPS) is 14.4. The predicted octanol–water partition coefficient (Wildman–Crippen LogP) is 4.77. The number of rotatable bonds is 8. The molecule has 1 unspecified atom stereocenters. The summed E-state index contributed by atoms with van der Waals surface area (Å²) >= 11 is 1.31. The Morgan fingerprint density at radius 2 is 1.71 bits per heavy atom. The summed E-state index contributed by atoms with van der Waals surface area (Å²) in [6, 6.07) is 22.4. The number of methoxy groups -OCH3 is 2. The highest BCUT2D eigenvalue weighted by atomic mass is 32.2. The summed E-state index contributed by atoms with van der Waals surface area (Å²) < 4.78 is 24.6. The van der Waals surface area contributed by atoms with Gasteiger partial charge in [-0.2, -0.15) is 0 Å². The second-order valence-electron chi connectivity index (χ2n) is 7.66. The van der Waals surface area contributed by atoms with Crippen LogP contribution in [0.3, 0.4) is 0 Å². The van der Waals surface area contributed by atoms with E-state index in [9.17, 15) is 4.79 Å². The average molecular weight is 490 g/mol. The number of ketones is 1. The van der Waals surface area contributed by atoms with Gasteiger partial charge in [-0.1, -0.05) is 42.1 Å². The van der Waals surface area contributed by atoms with Gasteiger partial charge in [0, 0.05) is 11.3 Å². The van der Waals surface area contributed by atoms with Gasteiger partial charge in [0.25, 0.3) is 0 Å². The lowest BCUT2D eigenvalue weighted by Gasteiger charge is -2.26. The number of aromatic nitrogens is 3. The van der Waals surface area contributed by atoms with E-state index in [1.807, 2.05) is 59.2 Å². The number of carbonyl (C=O) groups is 1. The lowest BCUT2D eigenvalue weighted by Crippen LogP contribution is -2.24. The van der Waals surface area contributed by atoms with Crippen molar-refractivity contribution in [3.05, 3.63) is 84.2 Å². The SMILES string of the molecule is COc1ccc(C(=O)CSc2nnc(C3COc4ccccc4O3)n2-c2ccccc2)cc1OC. The highest BCUT2D eigenvalue weighted by Gasteiger charge is 2.29. The summed E-state index contributed by atoms with van der Waals surface area (Å²) in [5, 5.41) is 9.41. The average Bonchev–Trinajstić information content (AvgIpc) is 3.35. The van der Waals surface area contributed by atoms with E-state index >= 15 is 0 Å². The number of benzene rings is 3. The molecule has 0 bridgehead atoms. The smallest absolute Gasteiger partial charge is 0.196 e. The van der Waals surface area contributed by atoms with E-state index in [1.54, 1.807) is 32.4 Å². The Morgan fingerprint density at radius 3 is 2.49 bits per heavy atom. The maximum atomic E-state index is 13.0. The third kappa shape index (κ3) is 4.67. The van der Waals surface area contributed by atoms with Crippen LogP contribution in [0.2, 0.25) is 0 Å². The second-order valence-corrected chi connectivity index (χ2v) is 8.60. The molecule has 1 aromatic heterocycles. The van der Waals surface area contributed by atoms with Crippen LogP contribution in [0.4, 0.5) is 0 Å². The molecule has 0 radical (unpaired) electrons. The summed E-state index contributed by atoms with van der Waals surface area (Å²) in [5.74, 6) is 3.15. The van der Waals surface area contributed by atoms with Crippen molar-refractivity contribution in [2.24, 2.45) is 0 Å².